The van der Waals surface area contributed by atoms with Crippen LogP contribution in [0.2, 0.25) is 0 Å². The van der Waals surface area contributed by atoms with Crippen molar-refractivity contribution >= 4 is 5.97 Å². The zero-order valence-electron chi connectivity index (χ0n) is 8.77. The zero-order chi connectivity index (χ0) is 12.0. The Morgan fingerprint density at radius 3 is 2.94 bits per heavy atom. The van der Waals surface area contributed by atoms with Crippen LogP contribution in [-0.2, 0) is 16.0 Å². The molecule has 0 spiro atoms. The molecule has 0 saturated carbocycles. The fourth-order valence-electron chi connectivity index (χ4n) is 1.10. The largest absolute Gasteiger partial charge is 0.472 e. The number of ether oxygens (including phenoxy) is 1. The smallest absolute Gasteiger partial charge is 0.336 e. The number of esters is 1. The number of aliphatic hydroxyl groups is 1. The van der Waals surface area contributed by atoms with E-state index in [1.165, 1.54) is 19.5 Å². The van der Waals surface area contributed by atoms with Crippen molar-refractivity contribution in [3.63, 3.8) is 0 Å². The molecule has 0 amide bonds. The second-order valence-corrected chi connectivity index (χ2v) is 3.09. The van der Waals surface area contributed by atoms with Crippen LogP contribution in [-0.4, -0.2) is 17.7 Å². The third-order valence-electron chi connectivity index (χ3n) is 1.92. The van der Waals surface area contributed by atoms with E-state index in [9.17, 15) is 4.79 Å². The van der Waals surface area contributed by atoms with Crippen LogP contribution in [0.1, 0.15) is 12.5 Å². The van der Waals surface area contributed by atoms with Gasteiger partial charge in [0.2, 0.25) is 0 Å². The first-order valence-electron chi connectivity index (χ1n) is 4.59. The average Bonchev–Trinajstić information content (AvgIpc) is 2.78. The van der Waals surface area contributed by atoms with Crippen molar-refractivity contribution in [2.24, 2.45) is 0 Å². The minimum atomic E-state index is -0.780. The molecule has 5 heteroatoms. The van der Waals surface area contributed by atoms with Gasteiger partial charge in [0.1, 0.15) is 12.4 Å². The molecule has 1 aromatic heterocycles. The molecule has 0 aliphatic carbocycles. The number of hydrogen-bond acceptors (Lipinski definition) is 5. The summed E-state index contributed by atoms with van der Waals surface area (Å²) in [6.07, 6.45) is 3.34. The number of allylic oxidation sites excluding steroid dienone is 2. The highest BCUT2D eigenvalue weighted by Crippen LogP contribution is 2.13. The topological polar surface area (TPSA) is 83.5 Å². The van der Waals surface area contributed by atoms with E-state index in [1.807, 2.05) is 6.07 Å². The van der Waals surface area contributed by atoms with Crippen molar-refractivity contribution in [1.29, 1.82) is 5.26 Å². The van der Waals surface area contributed by atoms with Crippen molar-refractivity contribution < 1.29 is 19.1 Å². The van der Waals surface area contributed by atoms with E-state index < -0.39 is 12.6 Å². The number of hydrogen-bond donors (Lipinski definition) is 1. The molecule has 0 aromatic carbocycles. The molecule has 0 aliphatic heterocycles. The third-order valence-corrected chi connectivity index (χ3v) is 1.92. The van der Waals surface area contributed by atoms with Crippen LogP contribution >= 0.6 is 0 Å². The number of rotatable bonds is 4. The summed E-state index contributed by atoms with van der Waals surface area (Å²) < 4.78 is 9.60. The van der Waals surface area contributed by atoms with Crippen LogP contribution < -0.4 is 0 Å². The van der Waals surface area contributed by atoms with Gasteiger partial charge in [0, 0.05) is 6.42 Å². The second-order valence-electron chi connectivity index (χ2n) is 3.09. The van der Waals surface area contributed by atoms with Gasteiger partial charge >= 0.3 is 5.97 Å². The Labute approximate surface area is 92.6 Å². The lowest BCUT2D eigenvalue weighted by molar-refractivity contribution is -0.142. The van der Waals surface area contributed by atoms with Crippen LogP contribution in [0.15, 0.2) is 34.3 Å². The minimum absolute atomic E-state index is 0.197. The van der Waals surface area contributed by atoms with Gasteiger partial charge in [-0.15, -0.1) is 0 Å². The van der Waals surface area contributed by atoms with Crippen molar-refractivity contribution in [3.05, 3.63) is 35.5 Å². The molecule has 0 unspecified atom stereocenters. The van der Waals surface area contributed by atoms with Gasteiger partial charge in [-0.2, -0.15) is 5.26 Å². The summed E-state index contributed by atoms with van der Waals surface area (Å²) in [5, 5.41) is 17.4. The third kappa shape index (κ3) is 3.26. The Kier molecular flexibility index (Phi) is 4.30. The first-order valence-corrected chi connectivity index (χ1v) is 4.59. The van der Waals surface area contributed by atoms with Gasteiger partial charge in [-0.25, -0.2) is 4.79 Å². The lowest BCUT2D eigenvalue weighted by Gasteiger charge is -2.04. The monoisotopic (exact) mass is 221 g/mol. The Balaban J connectivity index is 2.76. The van der Waals surface area contributed by atoms with Gasteiger partial charge < -0.3 is 14.3 Å². The molecule has 0 bridgehead atoms. The highest BCUT2D eigenvalue weighted by Gasteiger charge is 2.09. The maximum atomic E-state index is 10.8. The molecular weight excluding hydrogens is 210 g/mol. The van der Waals surface area contributed by atoms with Crippen LogP contribution in [0.4, 0.5) is 0 Å². The predicted octanol–water partition coefficient (Wildman–Crippen LogP) is 1.16. The molecule has 1 heterocycles. The van der Waals surface area contributed by atoms with E-state index in [0.29, 0.717) is 12.0 Å². The van der Waals surface area contributed by atoms with E-state index in [2.05, 4.69) is 0 Å². The Morgan fingerprint density at radius 2 is 2.44 bits per heavy atom. The van der Waals surface area contributed by atoms with Crippen LogP contribution in [0, 0.1) is 11.3 Å². The number of nitriles is 1. The number of furan rings is 1. The van der Waals surface area contributed by atoms with E-state index in [0.717, 1.165) is 5.56 Å². The standard InChI is InChI=1S/C11H11NO4/c1-8(16-11(14)6-13)10(5-12)4-9-2-3-15-7-9/h2-3,7,13H,4,6H2,1H3/b10-8+. The molecule has 1 rings (SSSR count). The van der Waals surface area contributed by atoms with Crippen LogP contribution in [0.5, 0.6) is 0 Å². The van der Waals surface area contributed by atoms with Gasteiger partial charge in [0.15, 0.2) is 0 Å². The van der Waals surface area contributed by atoms with Gasteiger partial charge in [-0.05, 0) is 18.6 Å². The number of carbonyl (C=O) groups excluding carboxylic acids is 1. The first-order chi connectivity index (χ1) is 7.67. The van der Waals surface area contributed by atoms with Crippen molar-refractivity contribution in [1.82, 2.24) is 0 Å². The van der Waals surface area contributed by atoms with Crippen molar-refractivity contribution in [2.45, 2.75) is 13.3 Å². The van der Waals surface area contributed by atoms with Crippen LogP contribution in [0.3, 0.4) is 0 Å². The SMILES string of the molecule is C/C(OC(=O)CO)=C(\C#N)Cc1ccoc1. The number of carbonyl (C=O) groups is 1. The zero-order valence-corrected chi connectivity index (χ0v) is 8.77. The van der Waals surface area contributed by atoms with Gasteiger partial charge in [-0.1, -0.05) is 0 Å². The summed E-state index contributed by atoms with van der Waals surface area (Å²) in [6.45, 7) is 0.800. The fourth-order valence-corrected chi connectivity index (χ4v) is 1.10. The fraction of sp³-hybridized carbons (Fsp3) is 0.273. The molecule has 0 fully saturated rings. The maximum absolute atomic E-state index is 10.8. The molecule has 0 saturated heterocycles. The molecule has 0 aliphatic rings. The Morgan fingerprint density at radius 1 is 1.69 bits per heavy atom. The number of aliphatic hydroxyl groups excluding tert-OH is 1. The molecule has 16 heavy (non-hydrogen) atoms. The van der Waals surface area contributed by atoms with Gasteiger partial charge in [0.05, 0.1) is 24.2 Å². The second kappa shape index (κ2) is 5.73. The van der Waals surface area contributed by atoms with Gasteiger partial charge in [-0.3, -0.25) is 0 Å². The lowest BCUT2D eigenvalue weighted by atomic mass is 10.1. The molecule has 0 radical (unpaired) electrons. The summed E-state index contributed by atoms with van der Waals surface area (Å²) >= 11 is 0. The highest BCUT2D eigenvalue weighted by atomic mass is 16.5. The molecular formula is C11H11NO4. The summed E-state index contributed by atoms with van der Waals surface area (Å²) in [5.41, 5.74) is 1.14. The van der Waals surface area contributed by atoms with Crippen molar-refractivity contribution in [2.75, 3.05) is 6.61 Å². The van der Waals surface area contributed by atoms with Crippen LogP contribution in [0.25, 0.3) is 0 Å². The van der Waals surface area contributed by atoms with Crippen molar-refractivity contribution in [3.8, 4) is 6.07 Å². The quantitative estimate of drug-likeness (QED) is 0.468. The maximum Gasteiger partial charge on any atom is 0.336 e. The summed E-state index contributed by atoms with van der Waals surface area (Å²) in [5.74, 6) is -0.583. The Bertz CT molecular complexity index is 425. The van der Waals surface area contributed by atoms with E-state index in [1.54, 1.807) is 6.07 Å². The van der Waals surface area contributed by atoms with Gasteiger partial charge in [0.25, 0.3) is 0 Å². The van der Waals surface area contributed by atoms with E-state index in [4.69, 9.17) is 19.5 Å². The lowest BCUT2D eigenvalue weighted by Crippen LogP contribution is -2.09. The average molecular weight is 221 g/mol. The highest BCUT2D eigenvalue weighted by molar-refractivity contribution is 5.71. The van der Waals surface area contributed by atoms with E-state index >= 15 is 0 Å². The molecule has 84 valence electrons. The predicted molar refractivity (Wildman–Crippen MR) is 53.9 cm³/mol. The summed E-state index contributed by atoms with van der Waals surface area (Å²) in [4.78, 5) is 10.8. The molecule has 5 nitrogen and oxygen atoms in total. The molecule has 1 N–H and O–H groups in total. The van der Waals surface area contributed by atoms with E-state index in [-0.39, 0.29) is 5.76 Å². The Hall–Kier alpha value is -2.06. The molecule has 0 atom stereocenters. The first kappa shape index (κ1) is 12.0. The summed E-state index contributed by atoms with van der Waals surface area (Å²) in [6, 6.07) is 3.67. The number of nitrogens with zero attached hydrogens (tertiary/aromatic N) is 1. The normalized spacial score (nSPS) is 11.6. The minimum Gasteiger partial charge on any atom is -0.472 e. The summed E-state index contributed by atoms with van der Waals surface area (Å²) in [7, 11) is 0. The molecule has 1 aromatic rings.